The molecule has 2 N–H and O–H groups in total. The minimum absolute atomic E-state index is 0.567. The van der Waals surface area contributed by atoms with Crippen molar-refractivity contribution in [3.8, 4) is 0 Å². The molecule has 0 fully saturated rings. The van der Waals surface area contributed by atoms with E-state index in [9.17, 15) is 0 Å². The molecular formula is C14H15BrN4S. The van der Waals surface area contributed by atoms with Crippen LogP contribution < -0.4 is 5.73 Å². The highest BCUT2D eigenvalue weighted by Crippen LogP contribution is 2.31. The summed E-state index contributed by atoms with van der Waals surface area (Å²) in [6.45, 7) is 6.85. The first-order chi connectivity index (χ1) is 9.49. The highest BCUT2D eigenvalue weighted by Gasteiger charge is 2.17. The Morgan fingerprint density at radius 2 is 2.05 bits per heavy atom. The first-order valence-corrected chi connectivity index (χ1v) is 7.97. The maximum absolute atomic E-state index is 6.07. The Hall–Kier alpha value is -1.40. The van der Waals surface area contributed by atoms with Crippen LogP contribution >= 0.6 is 27.3 Å². The Kier molecular flexibility index (Phi) is 3.30. The Morgan fingerprint density at radius 1 is 1.30 bits per heavy atom. The number of halogens is 1. The lowest BCUT2D eigenvalue weighted by molar-refractivity contribution is 0.796. The molecule has 0 aliphatic carbocycles. The van der Waals surface area contributed by atoms with Gasteiger partial charge in [-0.2, -0.15) is 0 Å². The number of anilines is 1. The van der Waals surface area contributed by atoms with Gasteiger partial charge in [-0.05, 0) is 53.7 Å². The summed E-state index contributed by atoms with van der Waals surface area (Å²) in [7, 11) is 0. The molecule has 0 bridgehead atoms. The van der Waals surface area contributed by atoms with Gasteiger partial charge in [0.2, 0.25) is 0 Å². The van der Waals surface area contributed by atoms with Crippen molar-refractivity contribution < 1.29 is 0 Å². The number of nitrogens with two attached hydrogens (primary N) is 1. The van der Waals surface area contributed by atoms with Crippen LogP contribution in [-0.2, 0) is 6.54 Å². The lowest BCUT2D eigenvalue weighted by Gasteiger charge is -2.07. The SMILES string of the molecule is Cc1nc(N)c2c(C)c(C)n(Cc3sccc3Br)c2n1. The molecule has 3 aromatic rings. The third kappa shape index (κ3) is 2.03. The van der Waals surface area contributed by atoms with Gasteiger partial charge in [-0.15, -0.1) is 11.3 Å². The lowest BCUT2D eigenvalue weighted by atomic mass is 10.2. The minimum Gasteiger partial charge on any atom is -0.383 e. The van der Waals surface area contributed by atoms with Gasteiger partial charge in [0.25, 0.3) is 0 Å². The Labute approximate surface area is 129 Å². The Balaban J connectivity index is 2.25. The lowest BCUT2D eigenvalue weighted by Crippen LogP contribution is -2.04. The van der Waals surface area contributed by atoms with Gasteiger partial charge in [-0.1, -0.05) is 0 Å². The molecule has 3 heterocycles. The zero-order valence-electron chi connectivity index (χ0n) is 11.6. The minimum atomic E-state index is 0.567. The van der Waals surface area contributed by atoms with Crippen LogP contribution in [-0.4, -0.2) is 14.5 Å². The molecule has 0 amide bonds. The number of nitrogen functional groups attached to an aromatic ring is 1. The predicted octanol–water partition coefficient (Wildman–Crippen LogP) is 3.81. The monoisotopic (exact) mass is 350 g/mol. The highest BCUT2D eigenvalue weighted by atomic mass is 79.9. The van der Waals surface area contributed by atoms with Gasteiger partial charge < -0.3 is 10.3 Å². The third-order valence-electron chi connectivity index (χ3n) is 3.60. The van der Waals surface area contributed by atoms with E-state index >= 15 is 0 Å². The maximum atomic E-state index is 6.07. The van der Waals surface area contributed by atoms with Crippen molar-refractivity contribution in [1.29, 1.82) is 0 Å². The first-order valence-electron chi connectivity index (χ1n) is 6.30. The molecule has 0 radical (unpaired) electrons. The number of aromatic nitrogens is 3. The van der Waals surface area contributed by atoms with Gasteiger partial charge in [0, 0.05) is 15.0 Å². The number of hydrogen-bond donors (Lipinski definition) is 1. The number of hydrogen-bond acceptors (Lipinski definition) is 4. The fourth-order valence-electron chi connectivity index (χ4n) is 2.45. The van der Waals surface area contributed by atoms with Crippen LogP contribution in [0.1, 0.15) is 22.0 Å². The van der Waals surface area contributed by atoms with Crippen LogP contribution in [0.3, 0.4) is 0 Å². The number of thiophene rings is 1. The Bertz CT molecular complexity index is 803. The van der Waals surface area contributed by atoms with Crippen molar-refractivity contribution in [1.82, 2.24) is 14.5 Å². The van der Waals surface area contributed by atoms with Crippen LogP contribution in [0.25, 0.3) is 11.0 Å². The number of rotatable bonds is 2. The Morgan fingerprint density at radius 3 is 2.70 bits per heavy atom. The van der Waals surface area contributed by atoms with Gasteiger partial charge in [-0.3, -0.25) is 0 Å². The molecular weight excluding hydrogens is 336 g/mol. The first kappa shape index (κ1) is 13.6. The number of aryl methyl sites for hydroxylation is 2. The van der Waals surface area contributed by atoms with Gasteiger partial charge >= 0.3 is 0 Å². The van der Waals surface area contributed by atoms with Gasteiger partial charge in [0.15, 0.2) is 0 Å². The zero-order valence-corrected chi connectivity index (χ0v) is 14.0. The molecule has 3 aromatic heterocycles. The zero-order chi connectivity index (χ0) is 14.4. The molecule has 104 valence electrons. The van der Waals surface area contributed by atoms with Gasteiger partial charge in [-0.25, -0.2) is 9.97 Å². The van der Waals surface area contributed by atoms with E-state index < -0.39 is 0 Å². The fraction of sp³-hybridized carbons (Fsp3) is 0.286. The molecule has 6 heteroatoms. The second-order valence-electron chi connectivity index (χ2n) is 4.84. The van der Waals surface area contributed by atoms with Crippen LogP contribution in [0.4, 0.5) is 5.82 Å². The van der Waals surface area contributed by atoms with Crippen molar-refractivity contribution >= 4 is 44.1 Å². The maximum Gasteiger partial charge on any atom is 0.146 e. The van der Waals surface area contributed by atoms with Crippen molar-refractivity contribution in [3.63, 3.8) is 0 Å². The molecule has 0 aromatic carbocycles. The smallest absolute Gasteiger partial charge is 0.146 e. The average Bonchev–Trinajstić information content (AvgIpc) is 2.87. The molecule has 0 atom stereocenters. The fourth-order valence-corrected chi connectivity index (χ4v) is 3.92. The van der Waals surface area contributed by atoms with Crippen LogP contribution in [0.2, 0.25) is 0 Å². The molecule has 0 unspecified atom stereocenters. The molecule has 3 rings (SSSR count). The summed E-state index contributed by atoms with van der Waals surface area (Å²) in [5, 5.41) is 3.06. The van der Waals surface area contributed by atoms with E-state index in [-0.39, 0.29) is 0 Å². The van der Waals surface area contributed by atoms with Crippen molar-refractivity contribution in [3.05, 3.63) is 37.9 Å². The number of fused-ring (bicyclic) bond motifs is 1. The molecule has 0 aliphatic rings. The normalized spacial score (nSPS) is 11.4. The van der Waals surface area contributed by atoms with E-state index in [4.69, 9.17) is 5.73 Å². The summed E-state index contributed by atoms with van der Waals surface area (Å²) in [5.41, 5.74) is 9.34. The van der Waals surface area contributed by atoms with Gasteiger partial charge in [0.1, 0.15) is 17.3 Å². The van der Waals surface area contributed by atoms with Crippen LogP contribution in [0.5, 0.6) is 0 Å². The van der Waals surface area contributed by atoms with Crippen molar-refractivity contribution in [2.24, 2.45) is 0 Å². The quantitative estimate of drug-likeness (QED) is 0.764. The third-order valence-corrected chi connectivity index (χ3v) is 5.51. The molecule has 0 aliphatic heterocycles. The summed E-state index contributed by atoms with van der Waals surface area (Å²) >= 11 is 5.32. The number of nitrogens with zero attached hydrogens (tertiary/aromatic N) is 3. The second-order valence-corrected chi connectivity index (χ2v) is 6.70. The summed E-state index contributed by atoms with van der Waals surface area (Å²) in [4.78, 5) is 10.1. The summed E-state index contributed by atoms with van der Waals surface area (Å²) in [6.07, 6.45) is 0. The predicted molar refractivity (Wildman–Crippen MR) is 87.3 cm³/mol. The average molecular weight is 351 g/mol. The van der Waals surface area contributed by atoms with E-state index in [1.165, 1.54) is 10.6 Å². The van der Waals surface area contributed by atoms with Crippen LogP contribution in [0.15, 0.2) is 15.9 Å². The largest absolute Gasteiger partial charge is 0.383 e. The van der Waals surface area contributed by atoms with Crippen LogP contribution in [0, 0.1) is 20.8 Å². The standard InChI is InChI=1S/C14H15BrN4S/c1-7-8(2)19(6-11-10(15)4-5-20-11)14-12(7)13(16)17-9(3)18-14/h4-5H,6H2,1-3H3,(H2,16,17,18). The molecule has 4 nitrogen and oxygen atoms in total. The molecule has 20 heavy (non-hydrogen) atoms. The molecule has 0 saturated heterocycles. The summed E-state index contributed by atoms with van der Waals surface area (Å²) in [6, 6.07) is 2.07. The van der Waals surface area contributed by atoms with E-state index in [1.54, 1.807) is 11.3 Å². The van der Waals surface area contributed by atoms with E-state index in [0.717, 1.165) is 27.6 Å². The summed E-state index contributed by atoms with van der Waals surface area (Å²) in [5.74, 6) is 1.27. The van der Waals surface area contributed by atoms with E-state index in [1.807, 2.05) is 6.92 Å². The van der Waals surface area contributed by atoms with Gasteiger partial charge in [0.05, 0.1) is 11.9 Å². The molecule has 0 spiro atoms. The van der Waals surface area contributed by atoms with E-state index in [0.29, 0.717) is 11.6 Å². The van der Waals surface area contributed by atoms with E-state index in [2.05, 4.69) is 55.8 Å². The second kappa shape index (κ2) is 4.86. The molecule has 0 saturated carbocycles. The highest BCUT2D eigenvalue weighted by molar-refractivity contribution is 9.10. The van der Waals surface area contributed by atoms with Crippen molar-refractivity contribution in [2.75, 3.05) is 5.73 Å². The summed E-state index contributed by atoms with van der Waals surface area (Å²) < 4.78 is 3.35. The van der Waals surface area contributed by atoms with Crippen molar-refractivity contribution in [2.45, 2.75) is 27.3 Å². The topological polar surface area (TPSA) is 56.7 Å².